The van der Waals surface area contributed by atoms with Gasteiger partial charge < -0.3 is 14.2 Å². The molecule has 3 atom stereocenters. The van der Waals surface area contributed by atoms with E-state index in [-0.39, 0.29) is 16.8 Å². The average molecular weight is 1010 g/mol. The lowest BCUT2D eigenvalue weighted by atomic mass is 9.75. The van der Waals surface area contributed by atoms with Crippen molar-refractivity contribution in [2.45, 2.75) is 69.2 Å². The Morgan fingerprint density at radius 2 is 1.08 bits per heavy atom. The van der Waals surface area contributed by atoms with Crippen LogP contribution in [0.3, 0.4) is 0 Å². The Bertz CT molecular complexity index is 3090. The monoisotopic (exact) mass is 1010 g/mol. The van der Waals surface area contributed by atoms with Gasteiger partial charge in [0.15, 0.2) is 5.13 Å². The molecule has 3 spiro atoms. The van der Waals surface area contributed by atoms with Crippen LogP contribution in [0, 0.1) is 31.6 Å². The average Bonchev–Trinajstić information content (AvgIpc) is 4.24. The van der Waals surface area contributed by atoms with Crippen molar-refractivity contribution in [1.29, 1.82) is 0 Å². The second-order valence-electron chi connectivity index (χ2n) is 21.5. The van der Waals surface area contributed by atoms with Gasteiger partial charge in [-0.25, -0.2) is 39.9 Å². The molecular formula is C55H63N15O3S. The van der Waals surface area contributed by atoms with Crippen LogP contribution in [0.25, 0.3) is 32.7 Å². The zero-order valence-electron chi connectivity index (χ0n) is 42.1. The van der Waals surface area contributed by atoms with Crippen LogP contribution in [0.4, 0.5) is 16.8 Å². The Hall–Kier alpha value is -6.67. The summed E-state index contributed by atoms with van der Waals surface area (Å²) in [5.41, 5.74) is 6.64. The third-order valence-corrected chi connectivity index (χ3v) is 17.5. The minimum absolute atomic E-state index is 0.107. The molecule has 18 rings (SSSR count). The van der Waals surface area contributed by atoms with Gasteiger partial charge in [0.1, 0.15) is 45.1 Å². The van der Waals surface area contributed by atoms with Crippen molar-refractivity contribution in [1.82, 2.24) is 44.6 Å². The first-order valence-corrected chi connectivity index (χ1v) is 27.2. The van der Waals surface area contributed by atoms with Gasteiger partial charge >= 0.3 is 0 Å². The number of aryl methyl sites for hydroxylation is 2. The normalized spacial score (nSPS) is 30.6. The summed E-state index contributed by atoms with van der Waals surface area (Å²) in [6.45, 7) is 16.4. The highest BCUT2D eigenvalue weighted by Crippen LogP contribution is 2.44. The van der Waals surface area contributed by atoms with Gasteiger partial charge in [0.05, 0.1) is 25.3 Å². The van der Waals surface area contributed by atoms with Crippen LogP contribution >= 0.6 is 11.3 Å². The van der Waals surface area contributed by atoms with Gasteiger partial charge in [0, 0.05) is 72.8 Å². The number of nitrogens with one attached hydrogen (secondary N) is 3. The van der Waals surface area contributed by atoms with Crippen LogP contribution in [-0.2, 0) is 14.2 Å². The zero-order valence-corrected chi connectivity index (χ0v) is 42.9. The second kappa shape index (κ2) is 19.6. The van der Waals surface area contributed by atoms with Crippen LogP contribution in [0.15, 0.2) is 106 Å². The maximum Gasteiger partial charge on any atom is 0.291 e. The van der Waals surface area contributed by atoms with Crippen LogP contribution in [0.2, 0.25) is 0 Å². The number of nitrogens with zero attached hydrogens (tertiary/aromatic N) is 12. The predicted octanol–water partition coefficient (Wildman–Crippen LogP) is 7.38. The van der Waals surface area contributed by atoms with Crippen LogP contribution in [0.5, 0.6) is 0 Å². The molecule has 74 heavy (non-hydrogen) atoms. The standard InChI is InChI=1S/C20H22N4O.C19H22N6O.C16H19N5OS/c1-2-4-15(5-3-1)16-6-9-21-18(12-16)23-19-22-13-20(25-19)14-24-10-7-17(20)8-11-24;1-13-2-3-14(9-20-13)16-8-17(23-12-22-16)24-18-21-10-19(26-18)11-25-6-4-15(19)5-7-25;1-10-2-3-12-13(18-10)23-15(19-12)20-14-17-8-16(22-14)9-21-6-4-11(16)5-7-21/h1-6,9,12,17H,7-8,10-11,13-14H2,(H,21,22,23);2-3,8-9,12,15H,4-7,10-11H2,1H3,(H,21,22,23,24);2-3,11H,4-9H2,1H3,(H,17,19,20)/t20-;19-;16-/m000/s1. The lowest BCUT2D eigenvalue weighted by Gasteiger charge is -2.50. The van der Waals surface area contributed by atoms with E-state index in [9.17, 15) is 0 Å². The Morgan fingerprint density at radius 3 is 1.62 bits per heavy atom. The molecule has 1 aromatic carbocycles. The van der Waals surface area contributed by atoms with Crippen molar-refractivity contribution >= 4 is 56.5 Å². The van der Waals surface area contributed by atoms with Crippen LogP contribution in [-0.4, -0.2) is 158 Å². The van der Waals surface area contributed by atoms with E-state index in [1.165, 1.54) is 83.4 Å². The molecule has 0 saturated carbocycles. The summed E-state index contributed by atoms with van der Waals surface area (Å²) in [4.78, 5) is 48.8. The zero-order chi connectivity index (χ0) is 49.7. The first-order chi connectivity index (χ1) is 36.2. The summed E-state index contributed by atoms with van der Waals surface area (Å²) in [6.07, 6.45) is 12.5. The number of ether oxygens (including phenoxy) is 3. The number of fused-ring (bicyclic) bond motifs is 7. The summed E-state index contributed by atoms with van der Waals surface area (Å²) in [5, 5.41) is 10.6. The number of hydrogen-bond acceptors (Lipinski definition) is 19. The SMILES string of the molecule is Cc1ccc(-c2cc(NC3=NC[C@@]4(CN5CCC4CC5)O3)ncn2)cn1.Cc1ccc2nc(NC3=NC[C@@]4(CN5CCC4CC5)O3)sc2n1.c1ccc(-c2ccnc(NC3=NC[C@@]4(CN5CCC4CC5)O3)c2)cc1. The van der Waals surface area contributed by atoms with E-state index in [0.717, 1.165) is 88.8 Å². The molecule has 6 bridgehead atoms. The van der Waals surface area contributed by atoms with E-state index in [4.69, 9.17) is 14.2 Å². The molecule has 0 unspecified atom stereocenters. The maximum atomic E-state index is 6.33. The van der Waals surface area contributed by atoms with Gasteiger partial charge in [-0.3, -0.25) is 35.6 Å². The van der Waals surface area contributed by atoms with Crippen molar-refractivity contribution in [2.75, 3.05) is 94.5 Å². The lowest BCUT2D eigenvalue weighted by Crippen LogP contribution is -2.61. The number of anilines is 3. The number of hydrogen-bond donors (Lipinski definition) is 3. The minimum atomic E-state index is -0.143. The Kier molecular flexibility index (Phi) is 12.4. The van der Waals surface area contributed by atoms with Crippen LogP contribution in [0.1, 0.15) is 49.9 Å². The molecule has 6 aromatic rings. The van der Waals surface area contributed by atoms with E-state index in [1.807, 2.05) is 86.9 Å². The molecule has 9 saturated heterocycles. The van der Waals surface area contributed by atoms with E-state index in [2.05, 4.69) is 87.7 Å². The lowest BCUT2D eigenvalue weighted by molar-refractivity contribution is -0.0830. The smallest absolute Gasteiger partial charge is 0.291 e. The van der Waals surface area contributed by atoms with Gasteiger partial charge in [-0.15, -0.1) is 0 Å². The first-order valence-electron chi connectivity index (χ1n) is 26.4. The second-order valence-corrected chi connectivity index (χ2v) is 22.4. The maximum absolute atomic E-state index is 6.33. The number of amidine groups is 3. The topological polar surface area (TPSA) is 188 Å². The number of thiazole rings is 1. The van der Waals surface area contributed by atoms with E-state index < -0.39 is 0 Å². The molecule has 5 aromatic heterocycles. The largest absolute Gasteiger partial charge is 0.455 e. The van der Waals surface area contributed by atoms with Gasteiger partial charge in [-0.05, 0) is 139 Å². The Labute approximate surface area is 435 Å². The molecular weight excluding hydrogens is 951 g/mol. The molecule has 0 amide bonds. The third-order valence-electron chi connectivity index (χ3n) is 16.7. The highest BCUT2D eigenvalue weighted by atomic mass is 32.1. The van der Waals surface area contributed by atoms with E-state index in [1.54, 1.807) is 17.7 Å². The highest BCUT2D eigenvalue weighted by Gasteiger charge is 2.54. The fourth-order valence-electron chi connectivity index (χ4n) is 12.6. The van der Waals surface area contributed by atoms with Crippen molar-refractivity contribution in [3.05, 3.63) is 103 Å². The molecule has 17 heterocycles. The van der Waals surface area contributed by atoms with Crippen LogP contribution < -0.4 is 16.0 Å². The minimum Gasteiger partial charge on any atom is -0.455 e. The molecule has 0 aliphatic carbocycles. The summed E-state index contributed by atoms with van der Waals surface area (Å²) in [5.74, 6) is 3.33. The molecule has 18 nitrogen and oxygen atoms in total. The molecule has 3 N–H and O–H groups in total. The molecule has 12 aliphatic rings. The van der Waals surface area contributed by atoms with Crippen molar-refractivity contribution in [3.63, 3.8) is 0 Å². The highest BCUT2D eigenvalue weighted by molar-refractivity contribution is 7.21. The molecule has 0 radical (unpaired) electrons. The molecule has 19 heteroatoms. The number of aliphatic imine (C=N–C) groups is 3. The van der Waals surface area contributed by atoms with E-state index >= 15 is 0 Å². The molecule has 382 valence electrons. The van der Waals surface area contributed by atoms with Crippen molar-refractivity contribution in [2.24, 2.45) is 32.7 Å². The summed E-state index contributed by atoms with van der Waals surface area (Å²) in [7, 11) is 0. The molecule has 9 fully saturated rings. The first kappa shape index (κ1) is 47.1. The summed E-state index contributed by atoms with van der Waals surface area (Å²) >= 11 is 1.54. The third kappa shape index (κ3) is 9.54. The summed E-state index contributed by atoms with van der Waals surface area (Å²) < 4.78 is 18.9. The molecule has 12 aliphatic heterocycles. The van der Waals surface area contributed by atoms with Crippen molar-refractivity contribution in [3.8, 4) is 22.4 Å². The van der Waals surface area contributed by atoms with Gasteiger partial charge in [-0.1, -0.05) is 41.7 Å². The fraction of sp³-hybridized carbons (Fsp3) is 0.473. The predicted molar refractivity (Wildman–Crippen MR) is 289 cm³/mol. The number of aromatic nitrogens is 6. The van der Waals surface area contributed by atoms with E-state index in [0.29, 0.717) is 41.6 Å². The number of pyridine rings is 3. The summed E-state index contributed by atoms with van der Waals surface area (Å²) in [6, 6.07) is 26.1. The number of piperidine rings is 9. The van der Waals surface area contributed by atoms with Crippen molar-refractivity contribution < 1.29 is 14.2 Å². The van der Waals surface area contributed by atoms with Gasteiger partial charge in [-0.2, -0.15) is 0 Å². The van der Waals surface area contributed by atoms with Gasteiger partial charge in [0.2, 0.25) is 0 Å². The quantitative estimate of drug-likeness (QED) is 0.155. The fourth-order valence-corrected chi connectivity index (χ4v) is 13.5. The Balaban J connectivity index is 0.000000107. The number of benzene rings is 1. The number of rotatable bonds is 5. The Morgan fingerprint density at radius 1 is 0.527 bits per heavy atom. The van der Waals surface area contributed by atoms with Gasteiger partial charge in [0.25, 0.3) is 18.1 Å².